The highest BCUT2D eigenvalue weighted by atomic mass is 16.5. The van der Waals surface area contributed by atoms with Gasteiger partial charge in [0, 0.05) is 84.7 Å². The molecule has 4 aromatic rings. The summed E-state index contributed by atoms with van der Waals surface area (Å²) in [6, 6.07) is 11.5. The van der Waals surface area contributed by atoms with Gasteiger partial charge in [-0.1, -0.05) is 6.07 Å². The summed E-state index contributed by atoms with van der Waals surface area (Å²) in [5.41, 5.74) is 5.73. The second-order valence-electron chi connectivity index (χ2n) is 11.5. The fraction of sp³-hybridized carbons (Fsp3) is 0.433. The number of piperazine rings is 1. The molecule has 10 nitrogen and oxygen atoms in total. The molecule has 4 fully saturated rings. The average Bonchev–Trinajstić information content (AvgIpc) is 3.55. The van der Waals surface area contributed by atoms with Crippen LogP contribution in [0.4, 0.5) is 17.5 Å². The maximum absolute atomic E-state index is 5.19. The van der Waals surface area contributed by atoms with Gasteiger partial charge in [-0.25, -0.2) is 19.9 Å². The molecule has 0 spiro atoms. The number of ether oxygens (including phenoxy) is 1. The predicted octanol–water partition coefficient (Wildman–Crippen LogP) is 4.24. The zero-order valence-electron chi connectivity index (χ0n) is 22.7. The van der Waals surface area contributed by atoms with Gasteiger partial charge in [0.1, 0.15) is 11.6 Å². The number of H-pyrrole nitrogens is 1. The van der Waals surface area contributed by atoms with Crippen molar-refractivity contribution in [1.29, 1.82) is 0 Å². The number of hydrogen-bond acceptors (Lipinski definition) is 9. The van der Waals surface area contributed by atoms with E-state index in [-0.39, 0.29) is 0 Å². The molecule has 0 radical (unpaired) electrons. The van der Waals surface area contributed by atoms with Crippen LogP contribution < -0.4 is 15.0 Å². The van der Waals surface area contributed by atoms with Gasteiger partial charge in [0.25, 0.3) is 0 Å². The Morgan fingerprint density at radius 3 is 2.67 bits per heavy atom. The highest BCUT2D eigenvalue weighted by molar-refractivity contribution is 5.65. The number of aromatic amines is 1. The lowest BCUT2D eigenvalue weighted by molar-refractivity contribution is -0.00876. The van der Waals surface area contributed by atoms with Crippen molar-refractivity contribution in [2.75, 3.05) is 30.4 Å². The molecule has 9 rings (SSSR count). The third-order valence-corrected chi connectivity index (χ3v) is 8.84. The van der Waals surface area contributed by atoms with Gasteiger partial charge in [0.2, 0.25) is 5.88 Å². The van der Waals surface area contributed by atoms with E-state index >= 15 is 0 Å². The SMILES string of the molecule is COc1ccc(CN2C3CC2CN(c2ccc(-c4nc5c(c(Nc6cc(C7CC7)[nH]n6)n4)CCC5)cn2)C3)cn1. The van der Waals surface area contributed by atoms with Gasteiger partial charge in [-0.15, -0.1) is 0 Å². The number of nitrogens with one attached hydrogen (secondary N) is 2. The van der Waals surface area contributed by atoms with E-state index < -0.39 is 0 Å². The Morgan fingerprint density at radius 1 is 1.02 bits per heavy atom. The summed E-state index contributed by atoms with van der Waals surface area (Å²) in [5.74, 6) is 4.74. The summed E-state index contributed by atoms with van der Waals surface area (Å²) in [6.07, 6.45) is 10.7. The number of aryl methyl sites for hydroxylation is 1. The van der Waals surface area contributed by atoms with E-state index in [1.807, 2.05) is 18.5 Å². The van der Waals surface area contributed by atoms with Crippen molar-refractivity contribution in [2.45, 2.75) is 63.1 Å². The van der Waals surface area contributed by atoms with Crippen LogP contribution in [0.1, 0.15) is 54.1 Å². The first-order valence-electron chi connectivity index (χ1n) is 14.4. The summed E-state index contributed by atoms with van der Waals surface area (Å²) in [4.78, 5) is 24.1. The Kier molecular flexibility index (Phi) is 5.68. The number of aromatic nitrogens is 6. The summed E-state index contributed by atoms with van der Waals surface area (Å²) >= 11 is 0. The molecule has 3 aliphatic heterocycles. The van der Waals surface area contributed by atoms with E-state index in [0.29, 0.717) is 23.9 Å². The van der Waals surface area contributed by atoms with Crippen LogP contribution in [0.2, 0.25) is 0 Å². The van der Waals surface area contributed by atoms with Crippen LogP contribution in [0.5, 0.6) is 5.88 Å². The Balaban J connectivity index is 0.963. The lowest BCUT2D eigenvalue weighted by Crippen LogP contribution is -2.68. The molecular weight excluding hydrogens is 502 g/mol. The van der Waals surface area contributed by atoms with Crippen molar-refractivity contribution >= 4 is 17.5 Å². The fourth-order valence-corrected chi connectivity index (χ4v) is 6.46. The Bertz CT molecular complexity index is 1520. The molecular formula is C30H33N9O. The van der Waals surface area contributed by atoms with Crippen molar-refractivity contribution < 1.29 is 4.74 Å². The van der Waals surface area contributed by atoms with Crippen molar-refractivity contribution in [2.24, 2.45) is 0 Å². The van der Waals surface area contributed by atoms with Gasteiger partial charge in [-0.05, 0) is 56.2 Å². The van der Waals surface area contributed by atoms with Gasteiger partial charge < -0.3 is 15.0 Å². The molecule has 2 atom stereocenters. The standard InChI is InChI=1S/C30H33N9O/c1-40-28-10-5-18(13-32-28)15-39-21-11-22(39)17-38(16-21)27-9-8-20(14-31-27)29-33-24-4-2-3-23(24)30(35-29)34-26-12-25(36-37-26)19-6-7-19/h5,8-10,12-14,19,21-22H,2-4,6-7,11,15-17H2,1H3,(H2,33,34,35,36,37). The summed E-state index contributed by atoms with van der Waals surface area (Å²) in [6.45, 7) is 2.91. The first kappa shape index (κ1) is 23.8. The Hall–Kier alpha value is -4.05. The number of nitrogens with zero attached hydrogens (tertiary/aromatic N) is 7. The first-order chi connectivity index (χ1) is 19.7. The number of rotatable bonds is 8. The monoisotopic (exact) mass is 535 g/mol. The lowest BCUT2D eigenvalue weighted by Gasteiger charge is -2.56. The topological polar surface area (TPSA) is 108 Å². The zero-order chi connectivity index (χ0) is 26.6. The van der Waals surface area contributed by atoms with Crippen molar-refractivity contribution in [3.05, 3.63) is 65.2 Å². The molecule has 2 aliphatic carbocycles. The van der Waals surface area contributed by atoms with Gasteiger partial charge in [0.05, 0.1) is 7.11 Å². The third kappa shape index (κ3) is 4.36. The van der Waals surface area contributed by atoms with Crippen LogP contribution in [0.15, 0.2) is 42.7 Å². The van der Waals surface area contributed by atoms with E-state index in [4.69, 9.17) is 19.7 Å². The summed E-state index contributed by atoms with van der Waals surface area (Å²) < 4.78 is 5.19. The van der Waals surface area contributed by atoms with Crippen molar-refractivity contribution in [1.82, 2.24) is 35.0 Å². The van der Waals surface area contributed by atoms with Crippen molar-refractivity contribution in [3.8, 4) is 17.3 Å². The molecule has 2 unspecified atom stereocenters. The number of fused-ring (bicyclic) bond motifs is 3. The minimum atomic E-state index is 0.540. The molecule has 40 heavy (non-hydrogen) atoms. The molecule has 7 heterocycles. The highest BCUT2D eigenvalue weighted by Crippen LogP contribution is 2.40. The molecule has 10 heteroatoms. The Labute approximate surface area is 233 Å². The molecule has 2 bridgehead atoms. The first-order valence-corrected chi connectivity index (χ1v) is 14.4. The van der Waals surface area contributed by atoms with E-state index in [0.717, 1.165) is 73.4 Å². The quantitative estimate of drug-likeness (QED) is 0.343. The van der Waals surface area contributed by atoms with E-state index in [1.54, 1.807) is 7.11 Å². The smallest absolute Gasteiger partial charge is 0.212 e. The van der Waals surface area contributed by atoms with Crippen molar-refractivity contribution in [3.63, 3.8) is 0 Å². The predicted molar refractivity (Wildman–Crippen MR) is 152 cm³/mol. The van der Waals surface area contributed by atoms with Gasteiger partial charge in [-0.3, -0.25) is 10.00 Å². The number of anilines is 3. The maximum atomic E-state index is 5.19. The minimum Gasteiger partial charge on any atom is -0.481 e. The molecule has 2 N–H and O–H groups in total. The second kappa shape index (κ2) is 9.55. The van der Waals surface area contributed by atoms with Gasteiger partial charge in [0.15, 0.2) is 11.6 Å². The van der Waals surface area contributed by atoms with E-state index in [2.05, 4.69) is 54.6 Å². The molecule has 0 aromatic carbocycles. The molecule has 204 valence electrons. The minimum absolute atomic E-state index is 0.540. The fourth-order valence-electron chi connectivity index (χ4n) is 6.46. The largest absolute Gasteiger partial charge is 0.481 e. The zero-order valence-corrected chi connectivity index (χ0v) is 22.7. The molecule has 4 aromatic heterocycles. The van der Waals surface area contributed by atoms with Crippen LogP contribution in [-0.2, 0) is 19.4 Å². The summed E-state index contributed by atoms with van der Waals surface area (Å²) in [7, 11) is 1.65. The summed E-state index contributed by atoms with van der Waals surface area (Å²) in [5, 5.41) is 11.1. The maximum Gasteiger partial charge on any atom is 0.212 e. The number of hydrogen-bond donors (Lipinski definition) is 2. The van der Waals surface area contributed by atoms with E-state index in [9.17, 15) is 0 Å². The second-order valence-corrected chi connectivity index (χ2v) is 11.5. The molecule has 1 saturated carbocycles. The third-order valence-electron chi connectivity index (χ3n) is 8.84. The van der Waals surface area contributed by atoms with Gasteiger partial charge >= 0.3 is 0 Å². The Morgan fingerprint density at radius 2 is 1.93 bits per heavy atom. The number of piperidine rings is 1. The normalized spacial score (nSPS) is 21.7. The number of methoxy groups -OCH3 is 1. The average molecular weight is 536 g/mol. The van der Waals surface area contributed by atoms with Crippen LogP contribution in [0.3, 0.4) is 0 Å². The lowest BCUT2D eigenvalue weighted by atomic mass is 9.87. The highest BCUT2D eigenvalue weighted by Gasteiger charge is 2.44. The molecule has 0 amide bonds. The molecule has 5 aliphatic rings. The van der Waals surface area contributed by atoms with E-state index in [1.165, 1.54) is 36.1 Å². The van der Waals surface area contributed by atoms with Crippen LogP contribution in [0, 0.1) is 0 Å². The van der Waals surface area contributed by atoms with Gasteiger partial charge in [-0.2, -0.15) is 5.10 Å². The molecule has 3 saturated heterocycles. The van der Waals surface area contributed by atoms with Crippen LogP contribution >= 0.6 is 0 Å². The van der Waals surface area contributed by atoms with Crippen LogP contribution in [-0.4, -0.2) is 67.3 Å². The number of pyridine rings is 2. The van der Waals surface area contributed by atoms with Crippen LogP contribution in [0.25, 0.3) is 11.4 Å².